The van der Waals surface area contributed by atoms with E-state index in [0.717, 1.165) is 6.54 Å². The summed E-state index contributed by atoms with van der Waals surface area (Å²) in [5, 5.41) is 24.0. The number of nitrogens with one attached hydrogen (secondary N) is 1. The number of aliphatic hydroxyl groups is 1. The fourth-order valence-electron chi connectivity index (χ4n) is 1.44. The number of hydrogen-bond acceptors (Lipinski definition) is 5. The largest absolute Gasteiger partial charge is 0.387 e. The molecule has 6 heteroatoms. The van der Waals surface area contributed by atoms with Crippen LogP contribution in [0.15, 0.2) is 24.3 Å². The minimum absolute atomic E-state index is 0.0370. The molecule has 0 saturated heterocycles. The molecule has 0 amide bonds. The standard InChI is InChI=1S/C12H18N2O3S/c1-9(18-2)7-13-8-12(15)10-3-5-11(6-4-10)14(16)17/h3-6,9,12-13,15H,7-8H2,1-2H3. The van der Waals surface area contributed by atoms with E-state index in [1.807, 2.05) is 6.26 Å². The molecule has 1 rings (SSSR count). The summed E-state index contributed by atoms with van der Waals surface area (Å²) in [7, 11) is 0. The zero-order valence-electron chi connectivity index (χ0n) is 10.5. The summed E-state index contributed by atoms with van der Waals surface area (Å²) < 4.78 is 0. The Balaban J connectivity index is 2.46. The first-order valence-corrected chi connectivity index (χ1v) is 6.99. The van der Waals surface area contributed by atoms with Crippen molar-refractivity contribution in [1.29, 1.82) is 0 Å². The Kier molecular flexibility index (Phi) is 6.11. The van der Waals surface area contributed by atoms with Crippen LogP contribution in [-0.4, -0.2) is 34.6 Å². The third kappa shape index (κ3) is 4.64. The van der Waals surface area contributed by atoms with Crippen LogP contribution < -0.4 is 5.32 Å². The van der Waals surface area contributed by atoms with Crippen LogP contribution in [-0.2, 0) is 0 Å². The smallest absolute Gasteiger partial charge is 0.269 e. The number of nitro benzene ring substituents is 1. The fourth-order valence-corrected chi connectivity index (χ4v) is 1.73. The van der Waals surface area contributed by atoms with E-state index in [-0.39, 0.29) is 5.69 Å². The predicted molar refractivity (Wildman–Crippen MR) is 73.9 cm³/mol. The van der Waals surface area contributed by atoms with E-state index in [0.29, 0.717) is 17.4 Å². The Morgan fingerprint density at radius 3 is 2.50 bits per heavy atom. The molecule has 2 unspecified atom stereocenters. The molecule has 18 heavy (non-hydrogen) atoms. The minimum atomic E-state index is -0.639. The average molecular weight is 270 g/mol. The highest BCUT2D eigenvalue weighted by Crippen LogP contribution is 2.17. The van der Waals surface area contributed by atoms with Gasteiger partial charge in [0.25, 0.3) is 5.69 Å². The Morgan fingerprint density at radius 1 is 1.39 bits per heavy atom. The van der Waals surface area contributed by atoms with Gasteiger partial charge in [-0.2, -0.15) is 11.8 Å². The van der Waals surface area contributed by atoms with Gasteiger partial charge in [0.05, 0.1) is 11.0 Å². The number of aliphatic hydroxyl groups excluding tert-OH is 1. The number of hydrogen-bond donors (Lipinski definition) is 2. The SMILES string of the molecule is CSC(C)CNCC(O)c1ccc([N+](=O)[O-])cc1. The summed E-state index contributed by atoms with van der Waals surface area (Å²) in [6.07, 6.45) is 1.40. The number of thioether (sulfide) groups is 1. The van der Waals surface area contributed by atoms with Crippen LogP contribution in [0.5, 0.6) is 0 Å². The second kappa shape index (κ2) is 7.35. The molecule has 0 aromatic heterocycles. The first-order chi connectivity index (χ1) is 8.54. The Morgan fingerprint density at radius 2 is 2.00 bits per heavy atom. The summed E-state index contributed by atoms with van der Waals surface area (Å²) in [6.45, 7) is 3.38. The van der Waals surface area contributed by atoms with E-state index in [1.165, 1.54) is 12.1 Å². The lowest BCUT2D eigenvalue weighted by molar-refractivity contribution is -0.384. The number of nitro groups is 1. The zero-order valence-corrected chi connectivity index (χ0v) is 11.3. The van der Waals surface area contributed by atoms with E-state index < -0.39 is 11.0 Å². The van der Waals surface area contributed by atoms with Crippen molar-refractivity contribution in [3.05, 3.63) is 39.9 Å². The first kappa shape index (κ1) is 14.9. The second-order valence-corrected chi connectivity index (χ2v) is 5.35. The lowest BCUT2D eigenvalue weighted by Gasteiger charge is -2.14. The van der Waals surface area contributed by atoms with Gasteiger partial charge in [0.2, 0.25) is 0 Å². The molecule has 0 aliphatic rings. The minimum Gasteiger partial charge on any atom is -0.387 e. The topological polar surface area (TPSA) is 75.4 Å². The molecule has 100 valence electrons. The predicted octanol–water partition coefficient (Wildman–Crippen LogP) is 1.97. The zero-order chi connectivity index (χ0) is 13.5. The molecule has 0 saturated carbocycles. The molecule has 0 heterocycles. The lowest BCUT2D eigenvalue weighted by Crippen LogP contribution is -2.27. The molecular formula is C12H18N2O3S. The molecule has 0 radical (unpaired) electrons. The normalized spacial score (nSPS) is 14.2. The van der Waals surface area contributed by atoms with Gasteiger partial charge in [-0.1, -0.05) is 6.92 Å². The van der Waals surface area contributed by atoms with Crippen molar-refractivity contribution in [2.45, 2.75) is 18.3 Å². The summed E-state index contributed by atoms with van der Waals surface area (Å²) in [5.74, 6) is 0. The maximum absolute atomic E-state index is 10.5. The summed E-state index contributed by atoms with van der Waals surface area (Å²) in [6, 6.07) is 5.98. The number of non-ortho nitro benzene ring substituents is 1. The van der Waals surface area contributed by atoms with Crippen LogP contribution in [0.25, 0.3) is 0 Å². The van der Waals surface area contributed by atoms with Gasteiger partial charge in [0.15, 0.2) is 0 Å². The van der Waals surface area contributed by atoms with Gasteiger partial charge in [0.1, 0.15) is 0 Å². The molecule has 0 fully saturated rings. The molecular weight excluding hydrogens is 252 g/mol. The van der Waals surface area contributed by atoms with E-state index in [4.69, 9.17) is 0 Å². The van der Waals surface area contributed by atoms with Crippen molar-refractivity contribution in [2.24, 2.45) is 0 Å². The second-order valence-electron chi connectivity index (χ2n) is 4.07. The highest BCUT2D eigenvalue weighted by Gasteiger charge is 2.10. The van der Waals surface area contributed by atoms with Crippen LogP contribution in [0, 0.1) is 10.1 Å². The van der Waals surface area contributed by atoms with Crippen molar-refractivity contribution < 1.29 is 10.0 Å². The third-order valence-corrected chi connectivity index (χ3v) is 3.63. The van der Waals surface area contributed by atoms with Gasteiger partial charge in [0, 0.05) is 30.5 Å². The third-order valence-electron chi connectivity index (χ3n) is 2.66. The van der Waals surface area contributed by atoms with Gasteiger partial charge < -0.3 is 10.4 Å². The summed E-state index contributed by atoms with van der Waals surface area (Å²) in [5.41, 5.74) is 0.722. The van der Waals surface area contributed by atoms with E-state index in [9.17, 15) is 15.2 Å². The summed E-state index contributed by atoms with van der Waals surface area (Å²) >= 11 is 1.76. The lowest BCUT2D eigenvalue weighted by atomic mass is 10.1. The number of nitrogens with zero attached hydrogens (tertiary/aromatic N) is 1. The molecule has 2 atom stereocenters. The van der Waals surface area contributed by atoms with Crippen molar-refractivity contribution >= 4 is 17.4 Å². The Bertz CT molecular complexity index is 383. The Hall–Kier alpha value is -1.11. The van der Waals surface area contributed by atoms with Crippen molar-refractivity contribution in [3.63, 3.8) is 0 Å². The summed E-state index contributed by atoms with van der Waals surface area (Å²) in [4.78, 5) is 10.0. The molecule has 0 aliphatic heterocycles. The fraction of sp³-hybridized carbons (Fsp3) is 0.500. The van der Waals surface area contributed by atoms with Crippen molar-refractivity contribution in [2.75, 3.05) is 19.3 Å². The molecule has 0 aliphatic carbocycles. The van der Waals surface area contributed by atoms with E-state index in [2.05, 4.69) is 12.2 Å². The molecule has 1 aromatic rings. The Labute approximate surface area is 111 Å². The van der Waals surface area contributed by atoms with Crippen LogP contribution in [0.2, 0.25) is 0 Å². The maximum Gasteiger partial charge on any atom is 0.269 e. The number of rotatable bonds is 7. The average Bonchev–Trinajstić information content (AvgIpc) is 2.38. The quantitative estimate of drug-likeness (QED) is 0.585. The first-order valence-electron chi connectivity index (χ1n) is 5.70. The van der Waals surface area contributed by atoms with Gasteiger partial charge in [-0.3, -0.25) is 10.1 Å². The highest BCUT2D eigenvalue weighted by molar-refractivity contribution is 7.99. The van der Waals surface area contributed by atoms with E-state index >= 15 is 0 Å². The van der Waals surface area contributed by atoms with Gasteiger partial charge >= 0.3 is 0 Å². The highest BCUT2D eigenvalue weighted by atomic mass is 32.2. The van der Waals surface area contributed by atoms with Crippen molar-refractivity contribution in [1.82, 2.24) is 5.32 Å². The van der Waals surface area contributed by atoms with Gasteiger partial charge in [-0.25, -0.2) is 0 Å². The van der Waals surface area contributed by atoms with Crippen LogP contribution in [0.4, 0.5) is 5.69 Å². The van der Waals surface area contributed by atoms with E-state index in [1.54, 1.807) is 23.9 Å². The van der Waals surface area contributed by atoms with Crippen LogP contribution in [0.1, 0.15) is 18.6 Å². The monoisotopic (exact) mass is 270 g/mol. The molecule has 2 N–H and O–H groups in total. The maximum atomic E-state index is 10.5. The molecule has 0 bridgehead atoms. The van der Waals surface area contributed by atoms with Gasteiger partial charge in [-0.15, -0.1) is 0 Å². The molecule has 5 nitrogen and oxygen atoms in total. The van der Waals surface area contributed by atoms with Crippen LogP contribution >= 0.6 is 11.8 Å². The van der Waals surface area contributed by atoms with Crippen molar-refractivity contribution in [3.8, 4) is 0 Å². The molecule has 0 spiro atoms. The van der Waals surface area contributed by atoms with Crippen LogP contribution in [0.3, 0.4) is 0 Å². The van der Waals surface area contributed by atoms with Gasteiger partial charge in [-0.05, 0) is 24.0 Å². The molecule has 1 aromatic carbocycles. The number of benzene rings is 1.